The minimum absolute atomic E-state index is 0.756. The molecule has 0 spiro atoms. The van der Waals surface area contributed by atoms with Crippen LogP contribution in [0.4, 0.5) is 0 Å². The summed E-state index contributed by atoms with van der Waals surface area (Å²) < 4.78 is 0. The quantitative estimate of drug-likeness (QED) is 0.700. The van der Waals surface area contributed by atoms with Crippen molar-refractivity contribution in [3.05, 3.63) is 53.9 Å². The first kappa shape index (κ1) is 11.0. The summed E-state index contributed by atoms with van der Waals surface area (Å²) in [5.74, 6) is 0.756. The van der Waals surface area contributed by atoms with Crippen molar-refractivity contribution < 1.29 is 0 Å². The van der Waals surface area contributed by atoms with Crippen molar-refractivity contribution in [2.24, 2.45) is 0 Å². The van der Waals surface area contributed by atoms with Crippen molar-refractivity contribution in [3.63, 3.8) is 0 Å². The molecule has 0 aliphatic carbocycles. The highest BCUT2D eigenvalue weighted by atomic mass is 32.1. The van der Waals surface area contributed by atoms with E-state index in [9.17, 15) is 0 Å². The van der Waals surface area contributed by atoms with E-state index in [1.54, 1.807) is 23.7 Å². The van der Waals surface area contributed by atoms with Crippen LogP contribution in [0.5, 0.6) is 0 Å². The van der Waals surface area contributed by atoms with Gasteiger partial charge in [-0.25, -0.2) is 9.97 Å². The molecule has 3 rings (SSSR count). The van der Waals surface area contributed by atoms with E-state index in [1.165, 1.54) is 11.1 Å². The Morgan fingerprint density at radius 1 is 1.00 bits per heavy atom. The lowest BCUT2D eigenvalue weighted by atomic mass is 10.1. The number of aryl methyl sites for hydroxylation is 1. The molecule has 0 aliphatic heterocycles. The maximum atomic E-state index is 4.29. The molecule has 0 saturated carbocycles. The van der Waals surface area contributed by atoms with Crippen LogP contribution >= 0.6 is 11.3 Å². The number of aromatic nitrogens is 3. The van der Waals surface area contributed by atoms with Crippen molar-refractivity contribution in [2.75, 3.05) is 0 Å². The molecule has 18 heavy (non-hydrogen) atoms. The second-order valence-corrected chi connectivity index (χ2v) is 4.91. The number of rotatable bonds is 2. The van der Waals surface area contributed by atoms with Crippen LogP contribution in [0.3, 0.4) is 0 Å². The highest BCUT2D eigenvalue weighted by Gasteiger charge is 2.06. The fourth-order valence-electron chi connectivity index (χ4n) is 1.86. The molecule has 2 aromatic heterocycles. The molecule has 2 heterocycles. The van der Waals surface area contributed by atoms with Crippen LogP contribution in [0, 0.1) is 6.92 Å². The zero-order valence-electron chi connectivity index (χ0n) is 9.87. The van der Waals surface area contributed by atoms with Gasteiger partial charge >= 0.3 is 0 Å². The molecule has 4 heteroatoms. The standard InChI is InChI=1S/C14H11N3S/c1-10-5-11(13-8-15-9-18-13)7-12(6-10)14-16-3-2-4-17-14/h2-9H,1H3. The van der Waals surface area contributed by atoms with Crippen molar-refractivity contribution in [1.82, 2.24) is 15.0 Å². The van der Waals surface area contributed by atoms with Gasteiger partial charge in [0, 0.05) is 24.2 Å². The zero-order chi connectivity index (χ0) is 12.4. The van der Waals surface area contributed by atoms with Crippen molar-refractivity contribution in [3.8, 4) is 21.8 Å². The third-order valence-corrected chi connectivity index (χ3v) is 3.44. The number of benzene rings is 1. The smallest absolute Gasteiger partial charge is 0.159 e. The Hall–Kier alpha value is -2.07. The average Bonchev–Trinajstić information content (AvgIpc) is 2.93. The zero-order valence-corrected chi connectivity index (χ0v) is 10.7. The van der Waals surface area contributed by atoms with E-state index in [0.717, 1.165) is 16.3 Å². The van der Waals surface area contributed by atoms with Gasteiger partial charge in [0.1, 0.15) is 0 Å². The van der Waals surface area contributed by atoms with Gasteiger partial charge in [0.2, 0.25) is 0 Å². The summed E-state index contributed by atoms with van der Waals surface area (Å²) in [4.78, 5) is 13.9. The number of hydrogen-bond donors (Lipinski definition) is 0. The highest BCUT2D eigenvalue weighted by Crippen LogP contribution is 2.28. The van der Waals surface area contributed by atoms with Crippen LogP contribution in [0.2, 0.25) is 0 Å². The first-order valence-corrected chi connectivity index (χ1v) is 6.49. The third kappa shape index (κ3) is 2.15. The van der Waals surface area contributed by atoms with Gasteiger partial charge < -0.3 is 0 Å². The summed E-state index contributed by atoms with van der Waals surface area (Å²) in [6, 6.07) is 8.18. The Balaban J connectivity index is 2.12. The molecular formula is C14H11N3S. The van der Waals surface area contributed by atoms with E-state index in [1.807, 2.05) is 17.8 Å². The molecule has 0 aliphatic rings. The second-order valence-electron chi connectivity index (χ2n) is 4.03. The first-order chi connectivity index (χ1) is 8.83. The first-order valence-electron chi connectivity index (χ1n) is 5.61. The van der Waals surface area contributed by atoms with Gasteiger partial charge in [-0.1, -0.05) is 6.07 Å². The van der Waals surface area contributed by atoms with Crippen LogP contribution in [0.25, 0.3) is 21.8 Å². The molecule has 0 amide bonds. The summed E-state index contributed by atoms with van der Waals surface area (Å²) in [5, 5.41) is 0. The maximum absolute atomic E-state index is 4.29. The van der Waals surface area contributed by atoms with Gasteiger partial charge in [-0.05, 0) is 36.2 Å². The van der Waals surface area contributed by atoms with Gasteiger partial charge in [-0.2, -0.15) is 0 Å². The molecule has 0 fully saturated rings. The molecule has 0 unspecified atom stereocenters. The van der Waals surface area contributed by atoms with Gasteiger partial charge in [0.25, 0.3) is 0 Å². The SMILES string of the molecule is Cc1cc(-c2ncccn2)cc(-c2cncs2)c1. The van der Waals surface area contributed by atoms with Crippen LogP contribution in [0.1, 0.15) is 5.56 Å². The van der Waals surface area contributed by atoms with E-state index >= 15 is 0 Å². The van der Waals surface area contributed by atoms with Gasteiger partial charge in [-0.15, -0.1) is 11.3 Å². The molecule has 1 aromatic carbocycles. The highest BCUT2D eigenvalue weighted by molar-refractivity contribution is 7.13. The molecular weight excluding hydrogens is 242 g/mol. The maximum Gasteiger partial charge on any atom is 0.159 e. The lowest BCUT2D eigenvalue weighted by Crippen LogP contribution is -1.88. The Kier molecular flexibility index (Phi) is 2.86. The fourth-order valence-corrected chi connectivity index (χ4v) is 2.47. The minimum atomic E-state index is 0.756. The number of thiazole rings is 1. The van der Waals surface area contributed by atoms with Gasteiger partial charge in [0.15, 0.2) is 5.82 Å². The summed E-state index contributed by atoms with van der Waals surface area (Å²) in [5.41, 5.74) is 5.25. The van der Waals surface area contributed by atoms with Crippen LogP contribution in [-0.2, 0) is 0 Å². The van der Waals surface area contributed by atoms with E-state index in [-0.39, 0.29) is 0 Å². The predicted octanol–water partition coefficient (Wildman–Crippen LogP) is 3.58. The van der Waals surface area contributed by atoms with E-state index in [4.69, 9.17) is 0 Å². The van der Waals surface area contributed by atoms with Crippen LogP contribution in [-0.4, -0.2) is 15.0 Å². The normalized spacial score (nSPS) is 10.5. The van der Waals surface area contributed by atoms with E-state index < -0.39 is 0 Å². The summed E-state index contributed by atoms with van der Waals surface area (Å²) in [7, 11) is 0. The molecule has 3 aromatic rings. The fraction of sp³-hybridized carbons (Fsp3) is 0.0714. The molecule has 0 radical (unpaired) electrons. The minimum Gasteiger partial charge on any atom is -0.252 e. The summed E-state index contributed by atoms with van der Waals surface area (Å²) >= 11 is 1.64. The number of nitrogens with zero attached hydrogens (tertiary/aromatic N) is 3. The Morgan fingerprint density at radius 2 is 1.78 bits per heavy atom. The Morgan fingerprint density at radius 3 is 2.50 bits per heavy atom. The van der Waals surface area contributed by atoms with Crippen LogP contribution < -0.4 is 0 Å². The largest absolute Gasteiger partial charge is 0.252 e. The summed E-state index contributed by atoms with van der Waals surface area (Å²) in [6.07, 6.45) is 5.41. The van der Waals surface area contributed by atoms with Crippen molar-refractivity contribution >= 4 is 11.3 Å². The molecule has 88 valence electrons. The molecule has 3 nitrogen and oxygen atoms in total. The Bertz CT molecular complexity index is 648. The lowest BCUT2D eigenvalue weighted by molar-refractivity contribution is 1.17. The van der Waals surface area contributed by atoms with E-state index in [2.05, 4.69) is 40.1 Å². The predicted molar refractivity (Wildman–Crippen MR) is 73.3 cm³/mol. The Labute approximate surface area is 109 Å². The summed E-state index contributed by atoms with van der Waals surface area (Å²) in [6.45, 7) is 2.08. The van der Waals surface area contributed by atoms with Crippen molar-refractivity contribution in [2.45, 2.75) is 6.92 Å². The third-order valence-electron chi connectivity index (χ3n) is 2.62. The van der Waals surface area contributed by atoms with Crippen LogP contribution in [0.15, 0.2) is 48.4 Å². The number of hydrogen-bond acceptors (Lipinski definition) is 4. The molecule has 0 saturated heterocycles. The lowest BCUT2D eigenvalue weighted by Gasteiger charge is -2.05. The molecule has 0 N–H and O–H groups in total. The second kappa shape index (κ2) is 4.66. The molecule has 0 atom stereocenters. The van der Waals surface area contributed by atoms with Crippen molar-refractivity contribution in [1.29, 1.82) is 0 Å². The van der Waals surface area contributed by atoms with E-state index in [0.29, 0.717) is 0 Å². The monoisotopic (exact) mass is 253 g/mol. The van der Waals surface area contributed by atoms with Gasteiger partial charge in [-0.3, -0.25) is 4.98 Å². The molecule has 0 bridgehead atoms. The topological polar surface area (TPSA) is 38.7 Å². The average molecular weight is 253 g/mol. The van der Waals surface area contributed by atoms with Gasteiger partial charge in [0.05, 0.1) is 10.4 Å².